The number of ether oxygens (including phenoxy) is 1. The number of carbonyl (C=O) groups is 2. The summed E-state index contributed by atoms with van der Waals surface area (Å²) in [5.41, 5.74) is 7.07. The van der Waals surface area contributed by atoms with Crippen molar-refractivity contribution in [3.8, 4) is 0 Å². The van der Waals surface area contributed by atoms with Gasteiger partial charge in [-0.2, -0.15) is 0 Å². The van der Waals surface area contributed by atoms with E-state index in [0.29, 0.717) is 12.1 Å². The van der Waals surface area contributed by atoms with Crippen molar-refractivity contribution >= 4 is 17.6 Å². The van der Waals surface area contributed by atoms with Crippen LogP contribution < -0.4 is 10.6 Å². The van der Waals surface area contributed by atoms with Gasteiger partial charge in [0.1, 0.15) is 6.54 Å². The van der Waals surface area contributed by atoms with Crippen LogP contribution in [0.1, 0.15) is 5.69 Å². The van der Waals surface area contributed by atoms with E-state index in [1.54, 1.807) is 18.3 Å². The Bertz CT molecular complexity index is 461. The zero-order valence-corrected chi connectivity index (χ0v) is 9.42. The van der Waals surface area contributed by atoms with Crippen molar-refractivity contribution in [3.05, 3.63) is 24.0 Å². The molecule has 2 N–H and O–H groups in total. The number of aromatic nitrogens is 1. The van der Waals surface area contributed by atoms with Crippen LogP contribution in [-0.2, 0) is 20.7 Å². The van der Waals surface area contributed by atoms with E-state index in [4.69, 9.17) is 5.73 Å². The molecule has 0 bridgehead atoms. The van der Waals surface area contributed by atoms with Gasteiger partial charge >= 0.3 is 5.97 Å². The van der Waals surface area contributed by atoms with E-state index in [1.807, 2.05) is 0 Å². The van der Waals surface area contributed by atoms with E-state index in [9.17, 15) is 9.59 Å². The molecule has 1 atom stereocenters. The summed E-state index contributed by atoms with van der Waals surface area (Å²) in [7, 11) is 1.28. The molecule has 17 heavy (non-hydrogen) atoms. The maximum Gasteiger partial charge on any atom is 0.325 e. The molecular formula is C11H13N3O3. The summed E-state index contributed by atoms with van der Waals surface area (Å²) >= 11 is 0. The minimum Gasteiger partial charge on any atom is -0.468 e. The number of carbonyl (C=O) groups excluding carboxylic acids is 2. The van der Waals surface area contributed by atoms with E-state index in [1.165, 1.54) is 12.0 Å². The molecule has 1 aliphatic heterocycles. The van der Waals surface area contributed by atoms with Crippen molar-refractivity contribution in [1.29, 1.82) is 0 Å². The van der Waals surface area contributed by atoms with E-state index in [0.717, 1.165) is 5.69 Å². The molecule has 0 aromatic carbocycles. The minimum atomic E-state index is -0.651. The van der Waals surface area contributed by atoms with Crippen LogP contribution >= 0.6 is 0 Å². The van der Waals surface area contributed by atoms with Gasteiger partial charge in [-0.15, -0.1) is 0 Å². The van der Waals surface area contributed by atoms with E-state index in [2.05, 4.69) is 9.72 Å². The lowest BCUT2D eigenvalue weighted by Crippen LogP contribution is -2.51. The van der Waals surface area contributed by atoms with E-state index < -0.39 is 12.0 Å². The molecule has 1 aliphatic rings. The van der Waals surface area contributed by atoms with Gasteiger partial charge in [-0.1, -0.05) is 0 Å². The third-order valence-electron chi connectivity index (χ3n) is 2.67. The maximum atomic E-state index is 11.9. The molecule has 0 fully saturated rings. The van der Waals surface area contributed by atoms with Crippen molar-refractivity contribution in [3.63, 3.8) is 0 Å². The minimum absolute atomic E-state index is 0.137. The highest BCUT2D eigenvalue weighted by Crippen LogP contribution is 2.24. The van der Waals surface area contributed by atoms with Gasteiger partial charge in [-0.25, -0.2) is 0 Å². The number of nitrogens with zero attached hydrogens (tertiary/aromatic N) is 2. The Balaban J connectivity index is 2.35. The second-order valence-electron chi connectivity index (χ2n) is 3.78. The Labute approximate surface area is 98.4 Å². The first kappa shape index (κ1) is 11.5. The predicted molar refractivity (Wildman–Crippen MR) is 60.3 cm³/mol. The molecule has 6 nitrogen and oxygen atoms in total. The summed E-state index contributed by atoms with van der Waals surface area (Å²) in [4.78, 5) is 28.7. The van der Waals surface area contributed by atoms with E-state index >= 15 is 0 Å². The van der Waals surface area contributed by atoms with Crippen molar-refractivity contribution in [2.24, 2.45) is 5.73 Å². The number of esters is 1. The molecule has 6 heteroatoms. The normalized spacial score (nSPS) is 18.8. The number of pyridine rings is 1. The van der Waals surface area contributed by atoms with Crippen molar-refractivity contribution in [2.75, 3.05) is 18.6 Å². The summed E-state index contributed by atoms with van der Waals surface area (Å²) in [6.07, 6.45) is 2.03. The molecule has 0 aliphatic carbocycles. The van der Waals surface area contributed by atoms with Crippen LogP contribution in [0, 0.1) is 0 Å². The summed E-state index contributed by atoms with van der Waals surface area (Å²) in [6, 6.07) is 2.81. The fourth-order valence-electron chi connectivity index (χ4n) is 1.80. The number of hydrogen-bond donors (Lipinski definition) is 1. The van der Waals surface area contributed by atoms with Gasteiger partial charge in [-0.05, 0) is 12.1 Å². The second kappa shape index (κ2) is 4.50. The van der Waals surface area contributed by atoms with Crippen LogP contribution in [0.2, 0.25) is 0 Å². The highest BCUT2D eigenvalue weighted by Gasteiger charge is 2.32. The number of rotatable bonds is 2. The molecule has 0 radical (unpaired) electrons. The van der Waals surface area contributed by atoms with Gasteiger partial charge in [0.05, 0.1) is 24.5 Å². The predicted octanol–water partition coefficient (Wildman–Crippen LogP) is -0.529. The van der Waals surface area contributed by atoms with Crippen LogP contribution in [0.25, 0.3) is 0 Å². The van der Waals surface area contributed by atoms with E-state index in [-0.39, 0.29) is 12.5 Å². The van der Waals surface area contributed by atoms with Crippen LogP contribution in [0.15, 0.2) is 18.3 Å². The highest BCUT2D eigenvalue weighted by molar-refractivity contribution is 6.02. The average Bonchev–Trinajstić information content (AvgIpc) is 2.34. The lowest BCUT2D eigenvalue weighted by molar-refractivity contribution is -0.140. The third-order valence-corrected chi connectivity index (χ3v) is 2.67. The lowest BCUT2D eigenvalue weighted by atomic mass is 10.0. The summed E-state index contributed by atoms with van der Waals surface area (Å²) in [5.74, 6) is -0.766. The topological polar surface area (TPSA) is 85.5 Å². The van der Waals surface area contributed by atoms with Gasteiger partial charge in [0.15, 0.2) is 0 Å². The van der Waals surface area contributed by atoms with Gasteiger partial charge in [0, 0.05) is 12.6 Å². The Morgan fingerprint density at radius 1 is 1.71 bits per heavy atom. The quantitative estimate of drug-likeness (QED) is 0.696. The molecule has 1 aromatic heterocycles. The standard InChI is InChI=1S/C11H13N3O3/c1-17-10(15)6-14-9-3-2-4-13-8(9)5-7(12)11(14)16/h2-4,7H,5-6,12H2,1H3. The average molecular weight is 235 g/mol. The largest absolute Gasteiger partial charge is 0.468 e. The molecule has 0 saturated carbocycles. The Morgan fingerprint density at radius 3 is 3.18 bits per heavy atom. The Kier molecular flexibility index (Phi) is 3.06. The molecule has 1 amide bonds. The smallest absolute Gasteiger partial charge is 0.325 e. The zero-order chi connectivity index (χ0) is 12.4. The number of anilines is 1. The summed E-state index contributed by atoms with van der Waals surface area (Å²) < 4.78 is 4.56. The molecule has 90 valence electrons. The SMILES string of the molecule is COC(=O)CN1C(=O)C(N)Cc2ncccc21. The van der Waals surface area contributed by atoms with Gasteiger partial charge < -0.3 is 10.5 Å². The molecule has 2 heterocycles. The fraction of sp³-hybridized carbons (Fsp3) is 0.364. The lowest BCUT2D eigenvalue weighted by Gasteiger charge is -2.30. The van der Waals surface area contributed by atoms with Crippen molar-refractivity contribution in [1.82, 2.24) is 4.98 Å². The molecule has 1 aromatic rings. The van der Waals surface area contributed by atoms with Crippen LogP contribution in [0.3, 0.4) is 0 Å². The highest BCUT2D eigenvalue weighted by atomic mass is 16.5. The monoisotopic (exact) mass is 235 g/mol. The Hall–Kier alpha value is -1.95. The zero-order valence-electron chi connectivity index (χ0n) is 9.42. The first-order valence-electron chi connectivity index (χ1n) is 5.21. The number of hydrogen-bond acceptors (Lipinski definition) is 5. The van der Waals surface area contributed by atoms with Crippen LogP contribution in [0.5, 0.6) is 0 Å². The number of nitrogens with two attached hydrogens (primary N) is 1. The molecule has 1 unspecified atom stereocenters. The molecular weight excluding hydrogens is 222 g/mol. The van der Waals surface area contributed by atoms with Gasteiger partial charge in [0.2, 0.25) is 5.91 Å². The first-order chi connectivity index (χ1) is 8.13. The number of fused-ring (bicyclic) bond motifs is 1. The van der Waals surface area contributed by atoms with Crippen molar-refractivity contribution in [2.45, 2.75) is 12.5 Å². The Morgan fingerprint density at radius 2 is 2.47 bits per heavy atom. The van der Waals surface area contributed by atoms with Gasteiger partial charge in [-0.3, -0.25) is 19.5 Å². The third kappa shape index (κ3) is 2.12. The number of methoxy groups -OCH3 is 1. The first-order valence-corrected chi connectivity index (χ1v) is 5.21. The van der Waals surface area contributed by atoms with Gasteiger partial charge in [0.25, 0.3) is 0 Å². The van der Waals surface area contributed by atoms with Crippen molar-refractivity contribution < 1.29 is 14.3 Å². The molecule has 0 saturated heterocycles. The fourth-order valence-corrected chi connectivity index (χ4v) is 1.80. The number of amides is 1. The molecule has 2 rings (SSSR count). The van der Waals surface area contributed by atoms with Crippen LogP contribution in [-0.4, -0.2) is 36.6 Å². The summed E-state index contributed by atoms with van der Waals surface area (Å²) in [5, 5.41) is 0. The maximum absolute atomic E-state index is 11.9. The molecule has 0 spiro atoms. The van der Waals surface area contributed by atoms with Crippen LogP contribution in [0.4, 0.5) is 5.69 Å². The second-order valence-corrected chi connectivity index (χ2v) is 3.78. The summed E-state index contributed by atoms with van der Waals surface area (Å²) in [6.45, 7) is -0.137.